The largest absolute Gasteiger partial charge is 0.352 e. The molecule has 7 heteroatoms. The summed E-state index contributed by atoms with van der Waals surface area (Å²) in [5.74, 6) is -0.210. The molecule has 0 saturated heterocycles. The second kappa shape index (κ2) is 7.34. The molecule has 3 aromatic rings. The third kappa shape index (κ3) is 4.07. The summed E-state index contributed by atoms with van der Waals surface area (Å²) in [6.45, 7) is 6.24. The van der Waals surface area contributed by atoms with E-state index >= 15 is 0 Å². The van der Waals surface area contributed by atoms with Crippen LogP contribution in [0.25, 0.3) is 11.0 Å². The van der Waals surface area contributed by atoms with Crippen molar-refractivity contribution in [3.63, 3.8) is 0 Å². The molecule has 2 aromatic heterocycles. The van der Waals surface area contributed by atoms with Crippen LogP contribution in [-0.2, 0) is 23.8 Å². The number of rotatable bonds is 6. The molecule has 1 amide bonds. The zero-order valence-electron chi connectivity index (χ0n) is 16.1. The average molecular weight is 367 g/mol. The minimum atomic E-state index is -0.263. The molecule has 0 spiro atoms. The van der Waals surface area contributed by atoms with E-state index < -0.39 is 0 Å². The molecule has 1 atom stereocenters. The SMILES string of the molecule is C[C@@H](CC(C)(C)c1ccccc1)NC(=O)Cn1cnc2c(cnn2C)c1=O. The molecule has 0 bridgehead atoms. The highest BCUT2D eigenvalue weighted by atomic mass is 16.2. The highest BCUT2D eigenvalue weighted by Gasteiger charge is 2.24. The van der Waals surface area contributed by atoms with Crippen molar-refractivity contribution in [1.82, 2.24) is 24.6 Å². The number of fused-ring (bicyclic) bond motifs is 1. The number of hydrogen-bond donors (Lipinski definition) is 1. The van der Waals surface area contributed by atoms with Gasteiger partial charge in [0.1, 0.15) is 18.3 Å². The monoisotopic (exact) mass is 367 g/mol. The van der Waals surface area contributed by atoms with Crippen molar-refractivity contribution < 1.29 is 4.79 Å². The number of aryl methyl sites for hydroxylation is 1. The zero-order valence-corrected chi connectivity index (χ0v) is 16.1. The van der Waals surface area contributed by atoms with Crippen molar-refractivity contribution in [2.45, 2.75) is 45.2 Å². The van der Waals surface area contributed by atoms with Crippen molar-refractivity contribution in [1.29, 1.82) is 0 Å². The number of carbonyl (C=O) groups is 1. The van der Waals surface area contributed by atoms with E-state index in [2.05, 4.69) is 41.4 Å². The molecule has 2 heterocycles. The number of amides is 1. The third-order valence-corrected chi connectivity index (χ3v) is 4.81. The van der Waals surface area contributed by atoms with Crippen LogP contribution in [0.4, 0.5) is 0 Å². The van der Waals surface area contributed by atoms with E-state index in [0.717, 1.165) is 6.42 Å². The summed E-state index contributed by atoms with van der Waals surface area (Å²) in [5, 5.41) is 7.43. The normalized spacial score (nSPS) is 12.9. The third-order valence-electron chi connectivity index (χ3n) is 4.81. The van der Waals surface area contributed by atoms with Crippen LogP contribution in [0, 0.1) is 0 Å². The molecule has 7 nitrogen and oxygen atoms in total. The maximum atomic E-state index is 12.5. The molecular weight excluding hydrogens is 342 g/mol. The Morgan fingerprint density at radius 3 is 2.67 bits per heavy atom. The molecule has 3 rings (SSSR count). The Kier molecular flexibility index (Phi) is 5.12. The first-order chi connectivity index (χ1) is 12.8. The summed E-state index contributed by atoms with van der Waals surface area (Å²) < 4.78 is 2.85. The molecule has 0 aliphatic heterocycles. The fourth-order valence-electron chi connectivity index (χ4n) is 3.48. The van der Waals surface area contributed by atoms with Crippen molar-refractivity contribution in [2.24, 2.45) is 7.05 Å². The molecule has 142 valence electrons. The van der Waals surface area contributed by atoms with Crippen LogP contribution in [0.15, 0.2) is 47.7 Å². The smallest absolute Gasteiger partial charge is 0.264 e. The van der Waals surface area contributed by atoms with Gasteiger partial charge < -0.3 is 5.32 Å². The van der Waals surface area contributed by atoms with Gasteiger partial charge in [-0.25, -0.2) is 4.98 Å². The fraction of sp³-hybridized carbons (Fsp3) is 0.400. The van der Waals surface area contributed by atoms with Crippen LogP contribution in [0.2, 0.25) is 0 Å². The van der Waals surface area contributed by atoms with Gasteiger partial charge in [-0.15, -0.1) is 0 Å². The number of benzene rings is 1. The number of carbonyl (C=O) groups excluding carboxylic acids is 1. The lowest BCUT2D eigenvalue weighted by molar-refractivity contribution is -0.122. The average Bonchev–Trinajstić information content (AvgIpc) is 2.99. The summed E-state index contributed by atoms with van der Waals surface area (Å²) in [7, 11) is 1.72. The van der Waals surface area contributed by atoms with Crippen LogP contribution in [0.1, 0.15) is 32.8 Å². The van der Waals surface area contributed by atoms with Gasteiger partial charge in [0.2, 0.25) is 5.91 Å². The zero-order chi connectivity index (χ0) is 19.6. The topological polar surface area (TPSA) is 81.8 Å². The van der Waals surface area contributed by atoms with Crippen LogP contribution >= 0.6 is 0 Å². The molecular formula is C20H25N5O2. The van der Waals surface area contributed by atoms with E-state index in [1.54, 1.807) is 7.05 Å². The quantitative estimate of drug-likeness (QED) is 0.722. The van der Waals surface area contributed by atoms with Gasteiger partial charge >= 0.3 is 0 Å². The molecule has 0 fully saturated rings. The molecule has 0 unspecified atom stereocenters. The predicted molar refractivity (Wildman–Crippen MR) is 104 cm³/mol. The lowest BCUT2D eigenvalue weighted by Crippen LogP contribution is -2.40. The van der Waals surface area contributed by atoms with Crippen molar-refractivity contribution in [2.75, 3.05) is 0 Å². The van der Waals surface area contributed by atoms with E-state index in [9.17, 15) is 9.59 Å². The van der Waals surface area contributed by atoms with E-state index in [-0.39, 0.29) is 29.5 Å². The van der Waals surface area contributed by atoms with Gasteiger partial charge in [0.05, 0.1) is 6.20 Å². The molecule has 0 aliphatic rings. The van der Waals surface area contributed by atoms with Gasteiger partial charge in [-0.05, 0) is 24.3 Å². The maximum Gasteiger partial charge on any atom is 0.264 e. The standard InChI is InChI=1S/C20H25N5O2/c1-14(10-20(2,3)15-8-6-5-7-9-15)23-17(26)12-25-13-21-18-16(19(25)27)11-22-24(18)4/h5-9,11,13-14H,10,12H2,1-4H3,(H,23,26)/t14-/m0/s1. The Hall–Kier alpha value is -2.96. The van der Waals surface area contributed by atoms with Crippen LogP contribution in [-0.4, -0.2) is 31.3 Å². The van der Waals surface area contributed by atoms with Crippen molar-refractivity contribution >= 4 is 16.9 Å². The molecule has 0 radical (unpaired) electrons. The van der Waals surface area contributed by atoms with Crippen molar-refractivity contribution in [3.8, 4) is 0 Å². The Bertz CT molecular complexity index is 1000. The van der Waals surface area contributed by atoms with Gasteiger partial charge in [0, 0.05) is 13.1 Å². The molecule has 0 saturated carbocycles. The summed E-state index contributed by atoms with van der Waals surface area (Å²) >= 11 is 0. The van der Waals surface area contributed by atoms with Gasteiger partial charge in [0.15, 0.2) is 5.65 Å². The fourth-order valence-corrected chi connectivity index (χ4v) is 3.48. The molecule has 27 heavy (non-hydrogen) atoms. The minimum absolute atomic E-state index is 0.0292. The Morgan fingerprint density at radius 2 is 1.96 bits per heavy atom. The number of nitrogens with one attached hydrogen (secondary N) is 1. The van der Waals surface area contributed by atoms with Gasteiger partial charge in [-0.1, -0.05) is 44.2 Å². The first-order valence-corrected chi connectivity index (χ1v) is 9.00. The van der Waals surface area contributed by atoms with E-state index in [4.69, 9.17) is 0 Å². The van der Waals surface area contributed by atoms with Crippen molar-refractivity contribution in [3.05, 3.63) is 58.8 Å². The number of aromatic nitrogens is 4. The number of hydrogen-bond acceptors (Lipinski definition) is 4. The van der Waals surface area contributed by atoms with Crippen LogP contribution < -0.4 is 10.9 Å². The minimum Gasteiger partial charge on any atom is -0.352 e. The van der Waals surface area contributed by atoms with E-state index in [1.807, 2.05) is 25.1 Å². The first-order valence-electron chi connectivity index (χ1n) is 9.00. The van der Waals surface area contributed by atoms with E-state index in [0.29, 0.717) is 11.0 Å². The Labute approximate surface area is 158 Å². The van der Waals surface area contributed by atoms with Gasteiger partial charge in [-0.3, -0.25) is 18.8 Å². The Balaban J connectivity index is 1.65. The molecule has 1 aromatic carbocycles. The highest BCUT2D eigenvalue weighted by Crippen LogP contribution is 2.28. The van der Waals surface area contributed by atoms with Crippen LogP contribution in [0.3, 0.4) is 0 Å². The van der Waals surface area contributed by atoms with Gasteiger partial charge in [-0.2, -0.15) is 5.10 Å². The summed E-state index contributed by atoms with van der Waals surface area (Å²) in [6.07, 6.45) is 3.66. The summed E-state index contributed by atoms with van der Waals surface area (Å²) in [5.41, 5.74) is 1.41. The molecule has 1 N–H and O–H groups in total. The second-order valence-electron chi connectivity index (χ2n) is 7.61. The summed E-state index contributed by atoms with van der Waals surface area (Å²) in [4.78, 5) is 29.1. The first kappa shape index (κ1) is 18.8. The van der Waals surface area contributed by atoms with Gasteiger partial charge in [0.25, 0.3) is 5.56 Å². The highest BCUT2D eigenvalue weighted by molar-refractivity contribution is 5.77. The lowest BCUT2D eigenvalue weighted by Gasteiger charge is -2.29. The summed E-state index contributed by atoms with van der Waals surface area (Å²) in [6, 6.07) is 10.2. The predicted octanol–water partition coefficient (Wildman–Crippen LogP) is 2.00. The van der Waals surface area contributed by atoms with E-state index in [1.165, 1.54) is 27.3 Å². The second-order valence-corrected chi connectivity index (χ2v) is 7.61. The lowest BCUT2D eigenvalue weighted by atomic mass is 9.79. The van der Waals surface area contributed by atoms with Crippen LogP contribution in [0.5, 0.6) is 0 Å². The maximum absolute atomic E-state index is 12.5. The number of nitrogens with zero attached hydrogens (tertiary/aromatic N) is 4. The molecule has 0 aliphatic carbocycles. The Morgan fingerprint density at radius 1 is 1.26 bits per heavy atom.